The molecule has 2 heterocycles. The molecule has 4 amide bonds. The summed E-state index contributed by atoms with van der Waals surface area (Å²) in [5.74, 6) is -1.96. The number of amides is 4. The molecule has 2 aliphatic rings. The predicted octanol–water partition coefficient (Wildman–Crippen LogP) is 3.12. The topological polar surface area (TPSA) is 117 Å². The van der Waals surface area contributed by atoms with Crippen molar-refractivity contribution in [1.29, 1.82) is 0 Å². The molecule has 0 bridgehead atoms. The van der Waals surface area contributed by atoms with E-state index in [4.69, 9.17) is 16.3 Å². The minimum atomic E-state index is -0.943. The summed E-state index contributed by atoms with van der Waals surface area (Å²) >= 11 is 5.95. The van der Waals surface area contributed by atoms with Crippen LogP contribution in [0.15, 0.2) is 72.8 Å². The average Bonchev–Trinajstić information content (AvgIpc) is 3.38. The average molecular weight is 593 g/mol. The highest BCUT2D eigenvalue weighted by atomic mass is 35.5. The van der Waals surface area contributed by atoms with Crippen molar-refractivity contribution in [2.45, 2.75) is 37.4 Å². The number of halogens is 2. The maximum absolute atomic E-state index is 14.0. The van der Waals surface area contributed by atoms with Gasteiger partial charge >= 0.3 is 0 Å². The summed E-state index contributed by atoms with van der Waals surface area (Å²) in [7, 11) is 0. The Hall–Kier alpha value is -4.44. The lowest BCUT2D eigenvalue weighted by atomic mass is 10.1. The molecule has 11 heteroatoms. The summed E-state index contributed by atoms with van der Waals surface area (Å²) in [5, 5.41) is 9.01. The number of hydrogen-bond donors (Lipinski definition) is 3. The van der Waals surface area contributed by atoms with E-state index in [-0.39, 0.29) is 61.6 Å². The maximum atomic E-state index is 14.0. The van der Waals surface area contributed by atoms with Gasteiger partial charge in [0.1, 0.15) is 24.2 Å². The highest BCUT2D eigenvalue weighted by Crippen LogP contribution is 2.25. The van der Waals surface area contributed by atoms with E-state index in [0.29, 0.717) is 17.0 Å². The summed E-state index contributed by atoms with van der Waals surface area (Å²) in [5.41, 5.74) is 1.25. The van der Waals surface area contributed by atoms with Crippen LogP contribution in [-0.2, 0) is 16.0 Å². The molecule has 0 spiro atoms. The van der Waals surface area contributed by atoms with Crippen LogP contribution in [0.3, 0.4) is 0 Å². The van der Waals surface area contributed by atoms with Crippen molar-refractivity contribution >= 4 is 35.2 Å². The van der Waals surface area contributed by atoms with E-state index >= 15 is 0 Å². The number of rotatable bonds is 5. The Morgan fingerprint density at radius 1 is 1.02 bits per heavy atom. The molecule has 3 aromatic rings. The van der Waals surface area contributed by atoms with E-state index in [9.17, 15) is 23.6 Å². The molecule has 0 aliphatic carbocycles. The molecule has 5 rings (SSSR count). The van der Waals surface area contributed by atoms with Gasteiger partial charge in [0, 0.05) is 29.7 Å². The van der Waals surface area contributed by atoms with Gasteiger partial charge in [0.05, 0.1) is 18.0 Å². The quantitative estimate of drug-likeness (QED) is 0.421. The Bertz CT molecular complexity index is 1470. The Morgan fingerprint density at radius 2 is 1.79 bits per heavy atom. The van der Waals surface area contributed by atoms with Crippen molar-refractivity contribution in [3.63, 3.8) is 0 Å². The molecule has 0 saturated carbocycles. The molecular formula is C31H30ClFN4O5. The number of benzene rings is 3. The zero-order valence-electron chi connectivity index (χ0n) is 22.6. The first kappa shape index (κ1) is 29.1. The number of nitrogens with one attached hydrogen (secondary N) is 3. The first-order chi connectivity index (χ1) is 20.3. The zero-order valence-corrected chi connectivity index (χ0v) is 23.4. The van der Waals surface area contributed by atoms with Crippen molar-refractivity contribution in [2.75, 3.05) is 19.7 Å². The van der Waals surface area contributed by atoms with Crippen LogP contribution < -0.4 is 20.7 Å². The fraction of sp³-hybridized carbons (Fsp3) is 0.290. The van der Waals surface area contributed by atoms with Gasteiger partial charge in [-0.2, -0.15) is 0 Å². The van der Waals surface area contributed by atoms with Crippen LogP contribution in [0.1, 0.15) is 39.1 Å². The lowest BCUT2D eigenvalue weighted by Gasteiger charge is -2.30. The second kappa shape index (κ2) is 13.0. The number of carbonyl (C=O) groups excluding carboxylic acids is 4. The van der Waals surface area contributed by atoms with Gasteiger partial charge in [-0.25, -0.2) is 4.39 Å². The molecule has 218 valence electrons. The van der Waals surface area contributed by atoms with Crippen LogP contribution in [0.4, 0.5) is 4.39 Å². The molecule has 0 aromatic heterocycles. The van der Waals surface area contributed by atoms with Crippen LogP contribution in [0.5, 0.6) is 5.75 Å². The minimum absolute atomic E-state index is 0.00432. The number of hydrogen-bond acceptors (Lipinski definition) is 5. The fourth-order valence-corrected chi connectivity index (χ4v) is 5.35. The normalized spacial score (nSPS) is 20.6. The first-order valence-corrected chi connectivity index (χ1v) is 14.1. The minimum Gasteiger partial charge on any atom is -0.491 e. The standard InChI is InChI=1S/C31H30ClFN4O5/c32-21-8-6-20(7-9-21)29(39)35-23-16-24-18-42-27-11-10-22(33)15-25(27)30(40)34-13-12-26(31(41)37(24)17-23)36-28(38)14-19-4-2-1-3-5-19/h1-11,15,23-24,26H,12-14,16-18H2,(H,34,40)(H,35,39)(H,36,38)/t23-,24-,26-/m0/s1. The van der Waals surface area contributed by atoms with Gasteiger partial charge in [0.2, 0.25) is 11.8 Å². The lowest BCUT2D eigenvalue weighted by molar-refractivity contribution is -0.137. The number of fused-ring (bicyclic) bond motifs is 2. The summed E-state index contributed by atoms with van der Waals surface area (Å²) < 4.78 is 20.0. The summed E-state index contributed by atoms with van der Waals surface area (Å²) in [4.78, 5) is 54.3. The summed E-state index contributed by atoms with van der Waals surface area (Å²) in [6, 6.07) is 17.5. The fourth-order valence-electron chi connectivity index (χ4n) is 5.22. The third-order valence-electron chi connectivity index (χ3n) is 7.32. The summed E-state index contributed by atoms with van der Waals surface area (Å²) in [6.07, 6.45) is 0.566. The van der Waals surface area contributed by atoms with E-state index in [1.807, 2.05) is 30.3 Å². The summed E-state index contributed by atoms with van der Waals surface area (Å²) in [6.45, 7) is 0.238. The highest BCUT2D eigenvalue weighted by molar-refractivity contribution is 6.30. The molecular weight excluding hydrogens is 563 g/mol. The zero-order chi connectivity index (χ0) is 29.6. The molecule has 1 saturated heterocycles. The van der Waals surface area contributed by atoms with Crippen molar-refractivity contribution in [1.82, 2.24) is 20.9 Å². The van der Waals surface area contributed by atoms with Gasteiger partial charge in [0.25, 0.3) is 11.8 Å². The van der Waals surface area contributed by atoms with Crippen LogP contribution in [0, 0.1) is 5.82 Å². The smallest absolute Gasteiger partial charge is 0.255 e. The number of ether oxygens (including phenoxy) is 1. The van der Waals surface area contributed by atoms with Crippen LogP contribution >= 0.6 is 11.6 Å². The molecule has 9 nitrogen and oxygen atoms in total. The Labute approximate surface area is 247 Å². The van der Waals surface area contributed by atoms with Crippen LogP contribution in [-0.4, -0.2) is 66.4 Å². The van der Waals surface area contributed by atoms with Crippen molar-refractivity contribution in [2.24, 2.45) is 0 Å². The van der Waals surface area contributed by atoms with E-state index in [1.165, 1.54) is 12.1 Å². The molecule has 0 radical (unpaired) electrons. The van der Waals surface area contributed by atoms with Gasteiger partial charge in [0.15, 0.2) is 0 Å². The molecule has 3 N–H and O–H groups in total. The van der Waals surface area contributed by atoms with E-state index in [2.05, 4.69) is 16.0 Å². The van der Waals surface area contributed by atoms with Gasteiger partial charge in [-0.05, 0) is 60.9 Å². The van der Waals surface area contributed by atoms with Gasteiger partial charge in [-0.1, -0.05) is 41.9 Å². The van der Waals surface area contributed by atoms with Gasteiger partial charge in [-0.3, -0.25) is 19.2 Å². The molecule has 0 unspecified atom stereocenters. The third kappa shape index (κ3) is 7.06. The van der Waals surface area contributed by atoms with Crippen LogP contribution in [0.2, 0.25) is 5.02 Å². The first-order valence-electron chi connectivity index (χ1n) is 13.7. The third-order valence-corrected chi connectivity index (χ3v) is 7.57. The van der Waals surface area contributed by atoms with Gasteiger partial charge < -0.3 is 25.6 Å². The Balaban J connectivity index is 1.38. The van der Waals surface area contributed by atoms with Crippen molar-refractivity contribution < 1.29 is 28.3 Å². The molecule has 3 atom stereocenters. The predicted molar refractivity (Wildman–Crippen MR) is 154 cm³/mol. The highest BCUT2D eigenvalue weighted by Gasteiger charge is 2.40. The number of carbonyl (C=O) groups is 4. The van der Waals surface area contributed by atoms with E-state index in [0.717, 1.165) is 11.6 Å². The van der Waals surface area contributed by atoms with Crippen molar-refractivity contribution in [3.05, 3.63) is 100 Å². The van der Waals surface area contributed by atoms with Gasteiger partial charge in [-0.15, -0.1) is 0 Å². The monoisotopic (exact) mass is 592 g/mol. The Kier molecular flexibility index (Phi) is 9.02. The van der Waals surface area contributed by atoms with E-state index in [1.54, 1.807) is 29.2 Å². The SMILES string of the molecule is O=C(Cc1ccccc1)N[C@H]1CCNC(=O)c2cc(F)ccc2OC[C@@H]2C[C@H](NC(=O)c3ccc(Cl)cc3)CN2C1=O. The van der Waals surface area contributed by atoms with Crippen molar-refractivity contribution in [3.8, 4) is 5.75 Å². The second-order valence-electron chi connectivity index (χ2n) is 10.3. The van der Waals surface area contributed by atoms with E-state index < -0.39 is 29.8 Å². The molecule has 2 aliphatic heterocycles. The Morgan fingerprint density at radius 3 is 2.55 bits per heavy atom. The van der Waals surface area contributed by atoms with Crippen LogP contribution in [0.25, 0.3) is 0 Å². The molecule has 3 aromatic carbocycles. The molecule has 42 heavy (non-hydrogen) atoms. The molecule has 1 fully saturated rings. The largest absolute Gasteiger partial charge is 0.491 e. The maximum Gasteiger partial charge on any atom is 0.255 e. The lowest BCUT2D eigenvalue weighted by Crippen LogP contribution is -2.53. The number of nitrogens with zero attached hydrogens (tertiary/aromatic N) is 1. The second-order valence-corrected chi connectivity index (χ2v) is 10.8.